The number of carbonyl (C=O) groups excluding carboxylic acids is 1. The summed E-state index contributed by atoms with van der Waals surface area (Å²) in [4.78, 5) is 36.9. The number of amides is 1. The number of rotatable bonds is 4. The van der Waals surface area contributed by atoms with Crippen LogP contribution in [0.5, 0.6) is 0 Å². The van der Waals surface area contributed by atoms with Crippen LogP contribution in [-0.4, -0.2) is 65.6 Å². The SMILES string of the molecule is C=CC(=O)N1[C@H](C)CN(c2[nH]c(=O)[n+]3c4c(/c(=c5\ccc(F)c6c5=NC(=N)S6)c(C(F)(F)F)cc24)SCC=3COC)C[C@@H]1C. The van der Waals surface area contributed by atoms with Gasteiger partial charge in [0.1, 0.15) is 18.1 Å². The minimum atomic E-state index is -4.84. The van der Waals surface area contributed by atoms with Crippen molar-refractivity contribution in [3.8, 4) is 0 Å². The average molecular weight is 648 g/mol. The van der Waals surface area contributed by atoms with E-state index in [2.05, 4.69) is 16.6 Å². The number of methoxy groups -OCH3 is 1. The second-order valence-electron chi connectivity index (χ2n) is 10.8. The molecule has 0 saturated carbocycles. The highest BCUT2D eigenvalue weighted by atomic mass is 32.2. The Hall–Kier alpha value is -3.69. The molecule has 6 rings (SSSR count). The number of benzene rings is 2. The zero-order valence-electron chi connectivity index (χ0n) is 23.8. The highest BCUT2D eigenvalue weighted by Crippen LogP contribution is 2.41. The first kappa shape index (κ1) is 30.3. The summed E-state index contributed by atoms with van der Waals surface area (Å²) < 4.78 is 66.5. The Morgan fingerprint density at radius 3 is 2.61 bits per heavy atom. The minimum Gasteiger partial charge on any atom is -0.377 e. The van der Waals surface area contributed by atoms with Gasteiger partial charge in [0.2, 0.25) is 11.7 Å². The highest BCUT2D eigenvalue weighted by Gasteiger charge is 2.39. The third kappa shape index (κ3) is 4.81. The van der Waals surface area contributed by atoms with E-state index in [1.54, 1.807) is 9.80 Å². The Labute approximate surface area is 256 Å². The fourth-order valence-corrected chi connectivity index (χ4v) is 8.25. The number of hydrogen-bond acceptors (Lipinski definition) is 7. The Morgan fingerprint density at radius 1 is 1.27 bits per heavy atom. The molecule has 1 saturated heterocycles. The maximum absolute atomic E-state index is 15.0. The smallest absolute Gasteiger partial charge is 0.377 e. The van der Waals surface area contributed by atoms with E-state index in [9.17, 15) is 14.0 Å². The predicted octanol–water partition coefficient (Wildman–Crippen LogP) is 3.66. The van der Waals surface area contributed by atoms with Crippen molar-refractivity contribution in [1.82, 2.24) is 9.88 Å². The van der Waals surface area contributed by atoms with Crippen LogP contribution in [0.25, 0.3) is 10.9 Å². The largest absolute Gasteiger partial charge is 0.502 e. The molecule has 230 valence electrons. The number of aromatic amines is 1. The molecular formula is C29H27F4N6O3S2+. The Balaban J connectivity index is 1.78. The van der Waals surface area contributed by atoms with Gasteiger partial charge in [-0.25, -0.2) is 9.38 Å². The number of H-pyrrole nitrogens is 1. The van der Waals surface area contributed by atoms with Crippen molar-refractivity contribution in [3.63, 3.8) is 0 Å². The van der Waals surface area contributed by atoms with Gasteiger partial charge in [0.15, 0.2) is 10.7 Å². The third-order valence-corrected chi connectivity index (χ3v) is 9.95. The molecule has 2 aromatic carbocycles. The number of nitrogens with one attached hydrogen (secondary N) is 2. The first-order valence-electron chi connectivity index (χ1n) is 13.6. The van der Waals surface area contributed by atoms with Gasteiger partial charge in [0.05, 0.1) is 31.9 Å². The van der Waals surface area contributed by atoms with Crippen molar-refractivity contribution in [2.24, 2.45) is 4.99 Å². The fraction of sp³-hybridized carbons (Fsp3) is 0.345. The van der Waals surface area contributed by atoms with Crippen LogP contribution in [0.4, 0.5) is 23.4 Å². The Morgan fingerprint density at radius 2 is 1.98 bits per heavy atom. The number of nitrogens with zero attached hydrogens (tertiary/aromatic N) is 4. The van der Waals surface area contributed by atoms with Crippen LogP contribution in [0, 0.1) is 27.4 Å². The van der Waals surface area contributed by atoms with Gasteiger partial charge in [-0.1, -0.05) is 6.58 Å². The molecule has 1 fully saturated rings. The molecule has 0 unspecified atom stereocenters. The van der Waals surface area contributed by atoms with Crippen molar-refractivity contribution in [2.75, 3.05) is 37.5 Å². The summed E-state index contributed by atoms with van der Waals surface area (Å²) in [5, 5.41) is 7.65. The number of piperazine rings is 1. The maximum Gasteiger partial charge on any atom is 0.502 e. The zero-order chi connectivity index (χ0) is 31.7. The van der Waals surface area contributed by atoms with Gasteiger partial charge in [0, 0.05) is 42.7 Å². The monoisotopic (exact) mass is 647 g/mol. The van der Waals surface area contributed by atoms with Gasteiger partial charge < -0.3 is 14.5 Å². The molecule has 3 aromatic rings. The second-order valence-corrected chi connectivity index (χ2v) is 12.8. The van der Waals surface area contributed by atoms with E-state index in [4.69, 9.17) is 10.1 Å². The number of anilines is 1. The van der Waals surface area contributed by atoms with Crippen LogP contribution < -0.4 is 20.2 Å². The van der Waals surface area contributed by atoms with E-state index in [0.29, 0.717) is 5.71 Å². The molecule has 44 heavy (non-hydrogen) atoms. The molecule has 1 aromatic heterocycles. The number of halogens is 4. The van der Waals surface area contributed by atoms with E-state index >= 15 is 13.2 Å². The van der Waals surface area contributed by atoms with E-state index in [0.717, 1.165) is 35.7 Å². The van der Waals surface area contributed by atoms with Gasteiger partial charge in [-0.3, -0.25) is 10.2 Å². The summed E-state index contributed by atoms with van der Waals surface area (Å²) in [6.07, 6.45) is -3.62. The van der Waals surface area contributed by atoms with Crippen LogP contribution in [0.15, 0.2) is 50.4 Å². The van der Waals surface area contributed by atoms with E-state index in [-0.39, 0.29) is 90.9 Å². The molecule has 3 aliphatic rings. The number of alkyl halides is 3. The van der Waals surface area contributed by atoms with Crippen molar-refractivity contribution in [3.05, 3.63) is 74.2 Å². The van der Waals surface area contributed by atoms with Gasteiger partial charge >= 0.3 is 11.9 Å². The predicted molar refractivity (Wildman–Crippen MR) is 158 cm³/mol. The fourth-order valence-electron chi connectivity index (χ4n) is 6.27. The summed E-state index contributed by atoms with van der Waals surface area (Å²) in [6.45, 7) is 7.80. The van der Waals surface area contributed by atoms with E-state index in [1.807, 2.05) is 13.8 Å². The Bertz CT molecular complexity index is 2050. The van der Waals surface area contributed by atoms with E-state index in [1.165, 1.54) is 23.5 Å². The van der Waals surface area contributed by atoms with Gasteiger partial charge in [0.25, 0.3) is 0 Å². The van der Waals surface area contributed by atoms with Crippen molar-refractivity contribution in [2.45, 2.75) is 41.9 Å². The summed E-state index contributed by atoms with van der Waals surface area (Å²) in [7, 11) is 1.47. The molecule has 3 aliphatic heterocycles. The topological polar surface area (TPSA) is 108 Å². The zero-order valence-corrected chi connectivity index (χ0v) is 25.5. The number of fused-ring (bicyclic) bond motifs is 1. The second kappa shape index (κ2) is 11.0. The van der Waals surface area contributed by atoms with Gasteiger partial charge in [-0.15, -0.1) is 11.8 Å². The summed E-state index contributed by atoms with van der Waals surface area (Å²) in [6, 6.07) is 2.68. The van der Waals surface area contributed by atoms with Crippen LogP contribution in [0.3, 0.4) is 0 Å². The van der Waals surface area contributed by atoms with Crippen molar-refractivity contribution < 1.29 is 31.3 Å². The normalized spacial score (nSPS) is 20.6. The number of carbonyl (C=O) groups is 1. The first-order chi connectivity index (χ1) is 20.8. The molecule has 0 spiro atoms. The molecular weight excluding hydrogens is 620 g/mol. The quantitative estimate of drug-likeness (QED) is 0.255. The lowest BCUT2D eigenvalue weighted by molar-refractivity contribution is -0.519. The Kier molecular flexibility index (Phi) is 7.61. The molecule has 1 amide bonds. The van der Waals surface area contributed by atoms with Crippen molar-refractivity contribution >= 4 is 51.3 Å². The molecule has 2 atom stereocenters. The van der Waals surface area contributed by atoms with Crippen molar-refractivity contribution in [1.29, 1.82) is 5.41 Å². The number of aromatic nitrogens is 2. The first-order valence-corrected chi connectivity index (χ1v) is 15.4. The average Bonchev–Trinajstić information content (AvgIpc) is 3.36. The highest BCUT2D eigenvalue weighted by molar-refractivity contribution is 8.14. The molecule has 0 aliphatic carbocycles. The van der Waals surface area contributed by atoms with E-state index < -0.39 is 23.2 Å². The number of thioether (sulfide) groups is 2. The molecule has 0 bridgehead atoms. The summed E-state index contributed by atoms with van der Waals surface area (Å²) in [5.41, 5.74) is -0.721. The minimum absolute atomic E-state index is 0.0187. The lowest BCUT2D eigenvalue weighted by Gasteiger charge is -2.44. The molecule has 0 radical (unpaired) electrons. The number of amidine groups is 1. The van der Waals surface area contributed by atoms with Crippen LogP contribution in [-0.2, 0) is 15.7 Å². The number of hydrogen-bond donors (Lipinski definition) is 2. The molecule has 2 N–H and O–H groups in total. The number of ether oxygens (including phenoxy) is 1. The lowest BCUT2D eigenvalue weighted by atomic mass is 10.0. The van der Waals surface area contributed by atoms with Crippen LogP contribution >= 0.6 is 23.5 Å². The van der Waals surface area contributed by atoms with Gasteiger partial charge in [-0.2, -0.15) is 27.2 Å². The maximum atomic E-state index is 15.0. The molecule has 4 heterocycles. The molecule has 9 nitrogen and oxygen atoms in total. The third-order valence-electron chi connectivity index (χ3n) is 7.91. The summed E-state index contributed by atoms with van der Waals surface area (Å²) in [5.74, 6) is -0.571. The lowest BCUT2D eigenvalue weighted by Crippen LogP contribution is -2.59. The van der Waals surface area contributed by atoms with Gasteiger partial charge in [-0.05, 0) is 49.9 Å². The van der Waals surface area contributed by atoms with Crippen LogP contribution in [0.2, 0.25) is 0 Å². The summed E-state index contributed by atoms with van der Waals surface area (Å²) >= 11 is 1.88. The van der Waals surface area contributed by atoms with Crippen LogP contribution in [0.1, 0.15) is 19.4 Å². The standard InChI is InChI=1S/C29H26F4N6O3S2/c1-5-20(40)38-13(2)9-37(10-14(38)3)26-17-8-18(29(31,32)33)21(16-6-7-19(30)24-22(16)35-27(34)44-24)25-23(17)39(28(41)36-26)15(11-42-4)12-43-25/h5-8,13-14H,1,9-12H2,2-4H3,(H-,34,35,36,41)/p+1/t13-,14+. The molecule has 15 heteroatoms.